The van der Waals surface area contributed by atoms with Crippen molar-refractivity contribution in [2.75, 3.05) is 5.32 Å². The highest BCUT2D eigenvalue weighted by Crippen LogP contribution is 2.34. The molecule has 1 saturated carbocycles. The summed E-state index contributed by atoms with van der Waals surface area (Å²) < 4.78 is 2.71. The number of imidazole rings is 1. The van der Waals surface area contributed by atoms with Crippen LogP contribution in [0.3, 0.4) is 0 Å². The third kappa shape index (κ3) is 2.97. The Kier molecular flexibility index (Phi) is 4.21. The predicted molar refractivity (Wildman–Crippen MR) is 103 cm³/mol. The number of aromatic amines is 1. The zero-order valence-corrected chi connectivity index (χ0v) is 15.0. The summed E-state index contributed by atoms with van der Waals surface area (Å²) in [7, 11) is 0. The second-order valence-electron chi connectivity index (χ2n) is 5.92. The minimum atomic E-state index is 0.0367. The van der Waals surface area contributed by atoms with Gasteiger partial charge in [-0.25, -0.2) is 9.97 Å². The number of rotatable bonds is 6. The van der Waals surface area contributed by atoms with Crippen molar-refractivity contribution in [2.24, 2.45) is 10.9 Å². The summed E-state index contributed by atoms with van der Waals surface area (Å²) in [6.45, 7) is 5.46. The summed E-state index contributed by atoms with van der Waals surface area (Å²) >= 11 is 1.39. The van der Waals surface area contributed by atoms with Gasteiger partial charge >= 0.3 is 0 Å². The third-order valence-corrected chi connectivity index (χ3v) is 4.98. The molecule has 8 nitrogen and oxygen atoms in total. The molecule has 0 saturated heterocycles. The summed E-state index contributed by atoms with van der Waals surface area (Å²) in [5.41, 5.74) is 2.33. The Morgan fingerprint density at radius 2 is 2.38 bits per heavy atom. The number of H-pyrrole nitrogens is 1. The molecule has 0 atom stereocenters. The van der Waals surface area contributed by atoms with Crippen LogP contribution < -0.4 is 5.32 Å². The van der Waals surface area contributed by atoms with Gasteiger partial charge in [-0.3, -0.25) is 19.5 Å². The molecule has 0 aromatic carbocycles. The van der Waals surface area contributed by atoms with Crippen LogP contribution in [0.1, 0.15) is 25.5 Å². The highest BCUT2D eigenvalue weighted by atomic mass is 32.1. The smallest absolute Gasteiger partial charge is 0.229 e. The van der Waals surface area contributed by atoms with Gasteiger partial charge in [-0.2, -0.15) is 5.10 Å². The second-order valence-corrected chi connectivity index (χ2v) is 6.92. The van der Waals surface area contributed by atoms with Gasteiger partial charge in [-0.1, -0.05) is 23.5 Å². The number of anilines is 1. The molecule has 26 heavy (non-hydrogen) atoms. The van der Waals surface area contributed by atoms with Crippen molar-refractivity contribution < 1.29 is 4.79 Å². The van der Waals surface area contributed by atoms with Crippen molar-refractivity contribution in [1.29, 1.82) is 0 Å². The Morgan fingerprint density at radius 3 is 3.12 bits per heavy atom. The van der Waals surface area contributed by atoms with Gasteiger partial charge in [-0.15, -0.1) is 0 Å². The summed E-state index contributed by atoms with van der Waals surface area (Å²) in [5.74, 6) is 0.848. The van der Waals surface area contributed by atoms with E-state index in [1.165, 1.54) is 11.3 Å². The maximum atomic E-state index is 12.0. The first-order chi connectivity index (χ1) is 12.7. The van der Waals surface area contributed by atoms with E-state index in [9.17, 15) is 4.79 Å². The van der Waals surface area contributed by atoms with Crippen LogP contribution in [-0.2, 0) is 4.79 Å². The monoisotopic (exact) mass is 367 g/mol. The molecule has 132 valence electrons. The number of carbonyl (C=O) groups is 1. The first-order valence-electron chi connectivity index (χ1n) is 8.18. The van der Waals surface area contributed by atoms with Crippen molar-refractivity contribution in [3.63, 3.8) is 0 Å². The van der Waals surface area contributed by atoms with Crippen LogP contribution in [0.5, 0.6) is 0 Å². The first kappa shape index (κ1) is 16.4. The molecule has 0 aliphatic heterocycles. The predicted octanol–water partition coefficient (Wildman–Crippen LogP) is 3.17. The molecule has 4 rings (SSSR count). The minimum absolute atomic E-state index is 0.0367. The molecule has 0 bridgehead atoms. The molecule has 3 aromatic heterocycles. The van der Waals surface area contributed by atoms with Gasteiger partial charge in [-0.05, 0) is 26.5 Å². The standard InChI is InChI=1S/C17H17N7OS/c1-3-4-11(7-18-2)12-8-19-9-24(12)15-13-14(22-23-15)20-17(26-13)21-16(25)10-5-6-10/h3-4,7-10H,2,5-6H2,1H3,(H2,20,21,22,23,25)/b4-3-,11-7+. The van der Waals surface area contributed by atoms with Crippen molar-refractivity contribution in [3.8, 4) is 5.82 Å². The van der Waals surface area contributed by atoms with Gasteiger partial charge in [0.25, 0.3) is 0 Å². The van der Waals surface area contributed by atoms with Crippen molar-refractivity contribution in [2.45, 2.75) is 19.8 Å². The lowest BCUT2D eigenvalue weighted by molar-refractivity contribution is -0.117. The Hall–Kier alpha value is -3.07. The van der Waals surface area contributed by atoms with E-state index in [-0.39, 0.29) is 11.8 Å². The molecule has 1 fully saturated rings. The molecule has 2 N–H and O–H groups in total. The highest BCUT2D eigenvalue weighted by Gasteiger charge is 2.30. The zero-order valence-electron chi connectivity index (χ0n) is 14.1. The lowest BCUT2D eigenvalue weighted by Crippen LogP contribution is -2.12. The van der Waals surface area contributed by atoms with E-state index < -0.39 is 0 Å². The SMILES string of the molecule is C=N/C=C(\C=C/C)c1cncn1-c1n[nH]c2nc(NC(=O)C3CC3)sc12. The quantitative estimate of drug-likeness (QED) is 0.516. The fourth-order valence-corrected chi connectivity index (χ4v) is 3.53. The second kappa shape index (κ2) is 6.68. The van der Waals surface area contributed by atoms with Crippen LogP contribution in [0.4, 0.5) is 5.13 Å². The van der Waals surface area contributed by atoms with Crippen LogP contribution in [0, 0.1) is 5.92 Å². The number of aliphatic imine (C=N–C) groups is 1. The van der Waals surface area contributed by atoms with Crippen LogP contribution in [0.2, 0.25) is 0 Å². The molecule has 1 aliphatic rings. The molecule has 0 radical (unpaired) electrons. The average molecular weight is 367 g/mol. The van der Waals surface area contributed by atoms with E-state index in [0.29, 0.717) is 16.6 Å². The highest BCUT2D eigenvalue weighted by molar-refractivity contribution is 7.22. The zero-order chi connectivity index (χ0) is 18.1. The van der Waals surface area contributed by atoms with E-state index >= 15 is 0 Å². The maximum absolute atomic E-state index is 12.0. The van der Waals surface area contributed by atoms with Crippen LogP contribution >= 0.6 is 11.3 Å². The molecule has 0 spiro atoms. The number of amides is 1. The van der Waals surface area contributed by atoms with Gasteiger partial charge in [0.05, 0.1) is 11.9 Å². The number of carbonyl (C=O) groups excluding carboxylic acids is 1. The number of allylic oxidation sites excluding steroid dienone is 3. The Bertz CT molecular complexity index is 1030. The summed E-state index contributed by atoms with van der Waals surface area (Å²) in [5, 5.41) is 10.7. The number of hydrogen-bond acceptors (Lipinski definition) is 6. The van der Waals surface area contributed by atoms with E-state index in [1.807, 2.05) is 23.6 Å². The summed E-state index contributed by atoms with van der Waals surface area (Å²) in [6, 6.07) is 0. The average Bonchev–Trinajstić information content (AvgIpc) is 3.06. The number of thiazole rings is 1. The fourth-order valence-electron chi connectivity index (χ4n) is 2.62. The molecular weight excluding hydrogens is 350 g/mol. The first-order valence-corrected chi connectivity index (χ1v) is 9.00. The van der Waals surface area contributed by atoms with Crippen LogP contribution in [0.25, 0.3) is 21.7 Å². The number of nitrogens with zero attached hydrogens (tertiary/aromatic N) is 5. The summed E-state index contributed by atoms with van der Waals surface area (Å²) in [4.78, 5) is 24.5. The Balaban J connectivity index is 1.72. The minimum Gasteiger partial charge on any atom is -0.302 e. The van der Waals surface area contributed by atoms with Crippen molar-refractivity contribution in [1.82, 2.24) is 24.7 Å². The van der Waals surface area contributed by atoms with Gasteiger partial charge in [0.2, 0.25) is 5.91 Å². The van der Waals surface area contributed by atoms with Crippen molar-refractivity contribution in [3.05, 3.63) is 36.6 Å². The molecule has 3 aromatic rings. The lowest BCUT2D eigenvalue weighted by atomic mass is 10.2. The van der Waals surface area contributed by atoms with Crippen LogP contribution in [-0.4, -0.2) is 37.4 Å². The molecule has 9 heteroatoms. The van der Waals surface area contributed by atoms with E-state index in [4.69, 9.17) is 0 Å². The number of fused-ring (bicyclic) bond motifs is 1. The molecule has 1 aliphatic carbocycles. The Morgan fingerprint density at radius 1 is 1.54 bits per heavy atom. The molecule has 1 amide bonds. The number of nitrogens with one attached hydrogen (secondary N) is 2. The van der Waals surface area contributed by atoms with E-state index in [2.05, 4.69) is 37.2 Å². The van der Waals surface area contributed by atoms with Gasteiger partial charge in [0.1, 0.15) is 11.0 Å². The van der Waals surface area contributed by atoms with Gasteiger partial charge in [0, 0.05) is 17.7 Å². The normalized spacial score (nSPS) is 15.0. The largest absolute Gasteiger partial charge is 0.302 e. The maximum Gasteiger partial charge on any atom is 0.229 e. The third-order valence-electron chi connectivity index (χ3n) is 4.02. The number of aromatic nitrogens is 5. The lowest BCUT2D eigenvalue weighted by Gasteiger charge is -2.05. The van der Waals surface area contributed by atoms with E-state index in [1.54, 1.807) is 18.7 Å². The molecular formula is C17H17N7OS. The van der Waals surface area contributed by atoms with Crippen LogP contribution in [0.15, 0.2) is 35.9 Å². The molecule has 0 unspecified atom stereocenters. The van der Waals surface area contributed by atoms with Crippen molar-refractivity contribution >= 4 is 45.0 Å². The number of hydrogen-bond donors (Lipinski definition) is 2. The van der Waals surface area contributed by atoms with Gasteiger partial charge in [0.15, 0.2) is 16.6 Å². The summed E-state index contributed by atoms with van der Waals surface area (Å²) in [6.07, 6.45) is 10.9. The fraction of sp³-hybridized carbons (Fsp3) is 0.235. The van der Waals surface area contributed by atoms with Gasteiger partial charge < -0.3 is 5.32 Å². The van der Waals surface area contributed by atoms with E-state index in [0.717, 1.165) is 28.8 Å². The topological polar surface area (TPSA) is 101 Å². The Labute approximate surface area is 153 Å². The molecule has 3 heterocycles.